The van der Waals surface area contributed by atoms with Crippen LogP contribution >= 0.6 is 34.2 Å². The summed E-state index contributed by atoms with van der Waals surface area (Å²) in [4.78, 5) is 11.9. The molecule has 5 heteroatoms. The number of rotatable bonds is 2. The van der Waals surface area contributed by atoms with Gasteiger partial charge in [-0.3, -0.25) is 0 Å². The Morgan fingerprint density at radius 2 is 2.27 bits per heavy atom. The molecule has 0 bridgehead atoms. The lowest BCUT2D eigenvalue weighted by Crippen LogP contribution is -1.97. The predicted molar refractivity (Wildman–Crippen MR) is 68.0 cm³/mol. The maximum atomic E-state index is 6.14. The minimum absolute atomic E-state index is 0.571. The molecule has 0 atom stereocenters. The fourth-order valence-corrected chi connectivity index (χ4v) is 2.78. The van der Waals surface area contributed by atoms with Gasteiger partial charge < -0.3 is 4.98 Å². The molecule has 0 amide bonds. The Morgan fingerprint density at radius 3 is 3.00 bits per heavy atom. The molecule has 1 aliphatic rings. The van der Waals surface area contributed by atoms with E-state index in [0.717, 1.165) is 32.8 Å². The van der Waals surface area contributed by atoms with Crippen molar-refractivity contribution in [3.8, 4) is 0 Å². The molecule has 2 aromatic heterocycles. The zero-order valence-corrected chi connectivity index (χ0v) is 10.8. The van der Waals surface area contributed by atoms with Gasteiger partial charge in [-0.2, -0.15) is 0 Å². The van der Waals surface area contributed by atoms with Crippen LogP contribution in [0.1, 0.15) is 18.7 Å². The van der Waals surface area contributed by atoms with Gasteiger partial charge in [0.25, 0.3) is 0 Å². The van der Waals surface area contributed by atoms with E-state index in [1.807, 2.05) is 6.20 Å². The van der Waals surface area contributed by atoms with Gasteiger partial charge >= 0.3 is 0 Å². The van der Waals surface area contributed by atoms with Crippen molar-refractivity contribution in [2.75, 3.05) is 0 Å². The van der Waals surface area contributed by atoms with Crippen molar-refractivity contribution < 1.29 is 0 Å². The van der Waals surface area contributed by atoms with E-state index >= 15 is 0 Å². The zero-order valence-electron chi connectivity index (χ0n) is 7.93. The van der Waals surface area contributed by atoms with Gasteiger partial charge in [0.15, 0.2) is 0 Å². The smallest absolute Gasteiger partial charge is 0.143 e. The van der Waals surface area contributed by atoms with Crippen LogP contribution in [-0.4, -0.2) is 15.0 Å². The van der Waals surface area contributed by atoms with Crippen molar-refractivity contribution in [3.63, 3.8) is 0 Å². The topological polar surface area (TPSA) is 41.6 Å². The van der Waals surface area contributed by atoms with Crippen molar-refractivity contribution in [2.45, 2.75) is 19.3 Å². The van der Waals surface area contributed by atoms with Crippen LogP contribution in [0.2, 0.25) is 5.15 Å². The van der Waals surface area contributed by atoms with E-state index in [-0.39, 0.29) is 0 Å². The second kappa shape index (κ2) is 3.59. The van der Waals surface area contributed by atoms with Gasteiger partial charge in [-0.25, -0.2) is 9.97 Å². The third-order valence-corrected chi connectivity index (χ3v) is 3.78. The fraction of sp³-hybridized carbons (Fsp3) is 0.400. The van der Waals surface area contributed by atoms with Gasteiger partial charge in [-0.15, -0.1) is 0 Å². The largest absolute Gasteiger partial charge is 0.345 e. The first-order valence-electron chi connectivity index (χ1n) is 4.93. The summed E-state index contributed by atoms with van der Waals surface area (Å²) < 4.78 is 1.07. The van der Waals surface area contributed by atoms with Gasteiger partial charge in [0.2, 0.25) is 0 Å². The van der Waals surface area contributed by atoms with E-state index in [2.05, 4.69) is 37.5 Å². The third-order valence-electron chi connectivity index (χ3n) is 2.65. The summed E-state index contributed by atoms with van der Waals surface area (Å²) in [6.45, 7) is 0. The highest BCUT2D eigenvalue weighted by molar-refractivity contribution is 14.1. The monoisotopic (exact) mass is 333 g/mol. The van der Waals surface area contributed by atoms with Crippen molar-refractivity contribution in [1.29, 1.82) is 0 Å². The molecule has 0 saturated heterocycles. The van der Waals surface area contributed by atoms with Crippen molar-refractivity contribution in [2.24, 2.45) is 5.92 Å². The number of hydrogen-bond donors (Lipinski definition) is 1. The van der Waals surface area contributed by atoms with Gasteiger partial charge in [0, 0.05) is 16.2 Å². The van der Waals surface area contributed by atoms with E-state index in [1.54, 1.807) is 0 Å². The maximum absolute atomic E-state index is 6.14. The van der Waals surface area contributed by atoms with Crippen LogP contribution in [0.3, 0.4) is 0 Å². The molecule has 0 radical (unpaired) electrons. The van der Waals surface area contributed by atoms with Crippen LogP contribution in [-0.2, 0) is 6.42 Å². The Kier molecular flexibility index (Phi) is 2.35. The normalized spacial score (nSPS) is 16.1. The van der Waals surface area contributed by atoms with Gasteiger partial charge in [0.1, 0.15) is 16.6 Å². The Morgan fingerprint density at radius 1 is 1.47 bits per heavy atom. The minimum Gasteiger partial charge on any atom is -0.345 e. The van der Waals surface area contributed by atoms with E-state index in [4.69, 9.17) is 11.6 Å². The number of fused-ring (bicyclic) bond motifs is 1. The van der Waals surface area contributed by atoms with E-state index in [9.17, 15) is 0 Å². The van der Waals surface area contributed by atoms with Crippen LogP contribution in [0.25, 0.3) is 11.0 Å². The standard InChI is InChI=1S/C10H9ClIN3/c11-9-8-6(12)4-13-10(8)15-7(14-9)3-5-1-2-5/h4-5H,1-3H2,(H,13,14,15). The molecule has 1 fully saturated rings. The van der Waals surface area contributed by atoms with E-state index < -0.39 is 0 Å². The molecule has 0 unspecified atom stereocenters. The van der Waals surface area contributed by atoms with Crippen molar-refractivity contribution in [3.05, 3.63) is 20.7 Å². The van der Waals surface area contributed by atoms with Gasteiger partial charge in [-0.05, 0) is 41.4 Å². The number of aromatic amines is 1. The Bertz CT molecular complexity index is 519. The lowest BCUT2D eigenvalue weighted by molar-refractivity contribution is 0.775. The van der Waals surface area contributed by atoms with Gasteiger partial charge in [-0.1, -0.05) is 11.6 Å². The molecule has 1 N–H and O–H groups in total. The fourth-order valence-electron chi connectivity index (χ4n) is 1.67. The number of nitrogens with one attached hydrogen (secondary N) is 1. The number of halogens is 2. The number of H-pyrrole nitrogens is 1. The van der Waals surface area contributed by atoms with Gasteiger partial charge in [0.05, 0.1) is 5.39 Å². The Balaban J connectivity index is 2.10. The molecular weight excluding hydrogens is 324 g/mol. The van der Waals surface area contributed by atoms with Crippen LogP contribution in [0.4, 0.5) is 0 Å². The molecule has 1 aliphatic carbocycles. The maximum Gasteiger partial charge on any atom is 0.143 e. The van der Waals surface area contributed by atoms with Crippen molar-refractivity contribution in [1.82, 2.24) is 15.0 Å². The van der Waals surface area contributed by atoms with Crippen LogP contribution < -0.4 is 0 Å². The lowest BCUT2D eigenvalue weighted by Gasteiger charge is -2.00. The highest BCUT2D eigenvalue weighted by atomic mass is 127. The molecule has 78 valence electrons. The first-order valence-corrected chi connectivity index (χ1v) is 6.38. The second-order valence-electron chi connectivity index (χ2n) is 3.94. The molecule has 2 aromatic rings. The average molecular weight is 334 g/mol. The molecular formula is C10H9ClIN3. The Hall–Kier alpha value is -0.360. The SMILES string of the molecule is Clc1nc(CC2CC2)nc2[nH]cc(I)c12. The minimum atomic E-state index is 0.571. The van der Waals surface area contributed by atoms with E-state index in [0.29, 0.717) is 5.15 Å². The van der Waals surface area contributed by atoms with E-state index in [1.165, 1.54) is 12.8 Å². The summed E-state index contributed by atoms with van der Waals surface area (Å²) >= 11 is 8.37. The third kappa shape index (κ3) is 1.85. The molecule has 2 heterocycles. The molecule has 0 aliphatic heterocycles. The highest BCUT2D eigenvalue weighted by Crippen LogP contribution is 2.33. The molecule has 0 aromatic carbocycles. The second-order valence-corrected chi connectivity index (χ2v) is 5.46. The number of hydrogen-bond acceptors (Lipinski definition) is 2. The first kappa shape index (κ1) is 9.84. The molecule has 0 spiro atoms. The summed E-state index contributed by atoms with van der Waals surface area (Å²) in [5, 5.41) is 1.51. The van der Waals surface area contributed by atoms with Crippen LogP contribution in [0, 0.1) is 9.49 Å². The Labute approximate surface area is 106 Å². The molecule has 3 rings (SSSR count). The molecule has 15 heavy (non-hydrogen) atoms. The summed E-state index contributed by atoms with van der Waals surface area (Å²) in [6, 6.07) is 0. The number of nitrogens with zero attached hydrogens (tertiary/aromatic N) is 2. The quantitative estimate of drug-likeness (QED) is 0.677. The summed E-state index contributed by atoms with van der Waals surface area (Å²) in [6.07, 6.45) is 5.49. The molecule has 3 nitrogen and oxygen atoms in total. The number of aromatic nitrogens is 3. The summed E-state index contributed by atoms with van der Waals surface area (Å²) in [5.74, 6) is 1.65. The molecule has 1 saturated carbocycles. The van der Waals surface area contributed by atoms with Crippen LogP contribution in [0.5, 0.6) is 0 Å². The van der Waals surface area contributed by atoms with Crippen molar-refractivity contribution >= 4 is 45.2 Å². The summed E-state index contributed by atoms with van der Waals surface area (Å²) in [5.41, 5.74) is 0.857. The predicted octanol–water partition coefficient (Wildman–Crippen LogP) is 3.17. The average Bonchev–Trinajstić information content (AvgIpc) is 2.90. The lowest BCUT2D eigenvalue weighted by atomic mass is 10.3. The first-order chi connectivity index (χ1) is 7.24. The highest BCUT2D eigenvalue weighted by Gasteiger charge is 2.23. The van der Waals surface area contributed by atoms with Crippen LogP contribution in [0.15, 0.2) is 6.20 Å². The zero-order chi connectivity index (χ0) is 10.4. The summed E-state index contributed by atoms with van der Waals surface area (Å²) in [7, 11) is 0.